The summed E-state index contributed by atoms with van der Waals surface area (Å²) in [5.74, 6) is -1.85. The molecular formula is C15H9F2NOS. The van der Waals surface area contributed by atoms with Crippen LogP contribution >= 0.6 is 11.8 Å². The summed E-state index contributed by atoms with van der Waals surface area (Å²) in [7, 11) is 0. The van der Waals surface area contributed by atoms with Gasteiger partial charge in [-0.25, -0.2) is 8.78 Å². The van der Waals surface area contributed by atoms with Crippen molar-refractivity contribution in [3.05, 3.63) is 65.2 Å². The molecule has 0 N–H and O–H groups in total. The van der Waals surface area contributed by atoms with Crippen molar-refractivity contribution in [2.45, 2.75) is 4.90 Å². The highest BCUT2D eigenvalue weighted by Gasteiger charge is 2.08. The van der Waals surface area contributed by atoms with E-state index in [9.17, 15) is 13.6 Å². The topological polar surface area (TPSA) is 40.9 Å². The first-order chi connectivity index (χ1) is 9.60. The van der Waals surface area contributed by atoms with Crippen molar-refractivity contribution in [3.8, 4) is 6.07 Å². The molecule has 0 amide bonds. The highest BCUT2D eigenvalue weighted by molar-refractivity contribution is 8.00. The number of thioether (sulfide) groups is 1. The number of halogens is 2. The lowest BCUT2D eigenvalue weighted by atomic mass is 10.1. The molecule has 2 nitrogen and oxygen atoms in total. The molecule has 2 aromatic rings. The van der Waals surface area contributed by atoms with Gasteiger partial charge in [-0.05, 0) is 30.3 Å². The second-order valence-electron chi connectivity index (χ2n) is 3.98. The van der Waals surface area contributed by atoms with E-state index in [1.807, 2.05) is 6.07 Å². The van der Waals surface area contributed by atoms with Gasteiger partial charge in [0.2, 0.25) is 0 Å². The molecule has 0 saturated carbocycles. The minimum absolute atomic E-state index is 0.122. The predicted octanol–water partition coefficient (Wildman–Crippen LogP) is 3.81. The standard InChI is InChI=1S/C15H9F2NOS/c16-13-6-5-12(7-14(13)17)20-9-15(19)11-3-1-10(8-18)2-4-11/h1-7H,9H2. The summed E-state index contributed by atoms with van der Waals surface area (Å²) >= 11 is 1.13. The average Bonchev–Trinajstić information content (AvgIpc) is 2.48. The van der Waals surface area contributed by atoms with E-state index in [1.165, 1.54) is 6.07 Å². The molecule has 0 fully saturated rings. The summed E-state index contributed by atoms with van der Waals surface area (Å²) < 4.78 is 25.8. The summed E-state index contributed by atoms with van der Waals surface area (Å²) in [5.41, 5.74) is 0.967. The first-order valence-electron chi connectivity index (χ1n) is 5.71. The minimum Gasteiger partial charge on any atom is -0.293 e. The van der Waals surface area contributed by atoms with E-state index in [0.29, 0.717) is 16.0 Å². The molecule has 0 spiro atoms. The Hall–Kier alpha value is -2.19. The third kappa shape index (κ3) is 3.43. The molecular weight excluding hydrogens is 280 g/mol. The lowest BCUT2D eigenvalue weighted by Gasteiger charge is -2.02. The van der Waals surface area contributed by atoms with Crippen LogP contribution in [0.3, 0.4) is 0 Å². The molecule has 0 heterocycles. The second kappa shape index (κ2) is 6.31. The van der Waals surface area contributed by atoms with Crippen LogP contribution in [0.2, 0.25) is 0 Å². The summed E-state index contributed by atoms with van der Waals surface area (Å²) in [4.78, 5) is 12.4. The maximum Gasteiger partial charge on any atom is 0.173 e. The second-order valence-corrected chi connectivity index (χ2v) is 5.03. The molecule has 0 unspecified atom stereocenters. The Labute approximate surface area is 119 Å². The molecule has 0 radical (unpaired) electrons. The number of ketones is 1. The Morgan fingerprint density at radius 1 is 1.10 bits per heavy atom. The van der Waals surface area contributed by atoms with Crippen molar-refractivity contribution in [2.24, 2.45) is 0 Å². The number of Topliss-reactive ketones (excluding diaryl/α,β-unsaturated/α-hetero) is 1. The lowest BCUT2D eigenvalue weighted by molar-refractivity contribution is 0.102. The summed E-state index contributed by atoms with van der Waals surface area (Å²) in [5, 5.41) is 8.66. The number of hydrogen-bond acceptors (Lipinski definition) is 3. The van der Waals surface area contributed by atoms with E-state index in [0.717, 1.165) is 23.9 Å². The molecule has 0 aliphatic carbocycles. The average molecular weight is 289 g/mol. The lowest BCUT2D eigenvalue weighted by Crippen LogP contribution is -2.02. The first-order valence-corrected chi connectivity index (χ1v) is 6.70. The normalized spacial score (nSPS) is 10.1. The zero-order valence-corrected chi connectivity index (χ0v) is 11.1. The van der Waals surface area contributed by atoms with Crippen LogP contribution in [0.1, 0.15) is 15.9 Å². The van der Waals surface area contributed by atoms with Gasteiger partial charge in [0.05, 0.1) is 17.4 Å². The monoisotopic (exact) mass is 289 g/mol. The van der Waals surface area contributed by atoms with Crippen molar-refractivity contribution in [2.75, 3.05) is 5.75 Å². The van der Waals surface area contributed by atoms with Crippen molar-refractivity contribution < 1.29 is 13.6 Å². The van der Waals surface area contributed by atoms with Gasteiger partial charge < -0.3 is 0 Å². The predicted molar refractivity (Wildman–Crippen MR) is 72.6 cm³/mol. The molecule has 0 aliphatic heterocycles. The van der Waals surface area contributed by atoms with E-state index in [4.69, 9.17) is 5.26 Å². The van der Waals surface area contributed by atoms with E-state index in [2.05, 4.69) is 0 Å². The number of nitriles is 1. The fraction of sp³-hybridized carbons (Fsp3) is 0.0667. The largest absolute Gasteiger partial charge is 0.293 e. The van der Waals surface area contributed by atoms with Crippen molar-refractivity contribution >= 4 is 17.5 Å². The number of carbonyl (C=O) groups excluding carboxylic acids is 1. The Balaban J connectivity index is 2.01. The van der Waals surface area contributed by atoms with E-state index >= 15 is 0 Å². The zero-order chi connectivity index (χ0) is 14.5. The van der Waals surface area contributed by atoms with Crippen LogP contribution in [0.25, 0.3) is 0 Å². The molecule has 100 valence electrons. The molecule has 2 rings (SSSR count). The fourth-order valence-electron chi connectivity index (χ4n) is 1.53. The van der Waals surface area contributed by atoms with Gasteiger partial charge in [-0.15, -0.1) is 11.8 Å². The van der Waals surface area contributed by atoms with Crippen LogP contribution in [0.15, 0.2) is 47.4 Å². The van der Waals surface area contributed by atoms with Crippen LogP contribution < -0.4 is 0 Å². The highest BCUT2D eigenvalue weighted by Crippen LogP contribution is 2.21. The molecule has 0 atom stereocenters. The van der Waals surface area contributed by atoms with Crippen LogP contribution in [0.5, 0.6) is 0 Å². The van der Waals surface area contributed by atoms with Crippen molar-refractivity contribution in [3.63, 3.8) is 0 Å². The van der Waals surface area contributed by atoms with Gasteiger partial charge in [-0.3, -0.25) is 4.79 Å². The third-order valence-electron chi connectivity index (χ3n) is 2.60. The molecule has 0 saturated heterocycles. The number of rotatable bonds is 4. The maximum absolute atomic E-state index is 13.0. The molecule has 5 heteroatoms. The van der Waals surface area contributed by atoms with Gasteiger partial charge >= 0.3 is 0 Å². The van der Waals surface area contributed by atoms with Gasteiger partial charge in [0.25, 0.3) is 0 Å². The zero-order valence-electron chi connectivity index (χ0n) is 10.3. The molecule has 2 aromatic carbocycles. The third-order valence-corrected chi connectivity index (χ3v) is 3.59. The van der Waals surface area contributed by atoms with Gasteiger partial charge in [0.15, 0.2) is 17.4 Å². The van der Waals surface area contributed by atoms with Gasteiger partial charge in [-0.2, -0.15) is 5.26 Å². The number of carbonyl (C=O) groups is 1. The van der Waals surface area contributed by atoms with E-state index in [-0.39, 0.29) is 11.5 Å². The van der Waals surface area contributed by atoms with Crippen LogP contribution in [0, 0.1) is 23.0 Å². The van der Waals surface area contributed by atoms with Crippen molar-refractivity contribution in [1.29, 1.82) is 5.26 Å². The number of hydrogen-bond donors (Lipinski definition) is 0. The highest BCUT2D eigenvalue weighted by atomic mass is 32.2. The van der Waals surface area contributed by atoms with E-state index < -0.39 is 11.6 Å². The molecule has 0 aliphatic rings. The molecule has 20 heavy (non-hydrogen) atoms. The molecule has 0 aromatic heterocycles. The quantitative estimate of drug-likeness (QED) is 0.635. The van der Waals surface area contributed by atoms with Gasteiger partial charge in [0, 0.05) is 10.5 Å². The maximum atomic E-state index is 13.0. The van der Waals surface area contributed by atoms with E-state index in [1.54, 1.807) is 24.3 Å². The number of benzene rings is 2. The minimum atomic E-state index is -0.930. The SMILES string of the molecule is N#Cc1ccc(C(=O)CSc2ccc(F)c(F)c2)cc1. The van der Waals surface area contributed by atoms with Crippen LogP contribution in [-0.4, -0.2) is 11.5 Å². The first kappa shape index (κ1) is 14.2. The van der Waals surface area contributed by atoms with Crippen molar-refractivity contribution in [1.82, 2.24) is 0 Å². The Morgan fingerprint density at radius 3 is 2.40 bits per heavy atom. The summed E-state index contributed by atoms with van der Waals surface area (Å²) in [6.07, 6.45) is 0. The molecule has 0 bridgehead atoms. The fourth-order valence-corrected chi connectivity index (χ4v) is 2.35. The Kier molecular flexibility index (Phi) is 4.49. The Morgan fingerprint density at radius 2 is 1.80 bits per heavy atom. The number of nitrogens with zero attached hydrogens (tertiary/aromatic N) is 1. The van der Waals surface area contributed by atoms with Crippen LogP contribution in [-0.2, 0) is 0 Å². The van der Waals surface area contributed by atoms with Gasteiger partial charge in [0.1, 0.15) is 0 Å². The smallest absolute Gasteiger partial charge is 0.173 e. The summed E-state index contributed by atoms with van der Waals surface area (Å²) in [6, 6.07) is 11.8. The summed E-state index contributed by atoms with van der Waals surface area (Å²) in [6.45, 7) is 0. The Bertz CT molecular complexity index is 677. The van der Waals surface area contributed by atoms with Gasteiger partial charge in [-0.1, -0.05) is 12.1 Å². The van der Waals surface area contributed by atoms with Crippen LogP contribution in [0.4, 0.5) is 8.78 Å².